The summed E-state index contributed by atoms with van der Waals surface area (Å²) in [5.41, 5.74) is 5.46. The summed E-state index contributed by atoms with van der Waals surface area (Å²) in [7, 11) is 0. The molecule has 3 N–H and O–H groups in total. The number of halogens is 1. The molecule has 0 spiro atoms. The van der Waals surface area contributed by atoms with Gasteiger partial charge in [-0.25, -0.2) is 0 Å². The summed E-state index contributed by atoms with van der Waals surface area (Å²) in [6, 6.07) is 8.18. The number of thioether (sulfide) groups is 1. The molecule has 2 aromatic rings. The molecule has 2 rings (SSSR count). The standard InChI is InChI=1S/C10H10N2S2.ClH/c1-13-7-3-2-4-8-6(7)5-9(14-8)10(11)12;/h2-5H,1H3,(H3,11,12);1H. The van der Waals surface area contributed by atoms with Crippen molar-refractivity contribution in [1.29, 1.82) is 5.41 Å². The van der Waals surface area contributed by atoms with Gasteiger partial charge in [0.05, 0.1) is 4.88 Å². The lowest BCUT2D eigenvalue weighted by Crippen LogP contribution is -2.08. The van der Waals surface area contributed by atoms with Gasteiger partial charge >= 0.3 is 0 Å². The number of nitrogens with one attached hydrogen (secondary N) is 1. The van der Waals surface area contributed by atoms with Crippen LogP contribution >= 0.6 is 35.5 Å². The first-order valence-corrected chi connectivity index (χ1v) is 6.17. The lowest BCUT2D eigenvalue weighted by atomic mass is 10.2. The van der Waals surface area contributed by atoms with Crippen molar-refractivity contribution in [2.24, 2.45) is 5.73 Å². The van der Waals surface area contributed by atoms with Crippen molar-refractivity contribution in [2.75, 3.05) is 6.26 Å². The second-order valence-corrected chi connectivity index (χ2v) is 4.83. The van der Waals surface area contributed by atoms with Gasteiger partial charge in [-0.1, -0.05) is 6.07 Å². The Morgan fingerprint density at radius 3 is 2.80 bits per heavy atom. The van der Waals surface area contributed by atoms with Crippen LogP contribution < -0.4 is 5.73 Å². The van der Waals surface area contributed by atoms with Gasteiger partial charge in [0.2, 0.25) is 0 Å². The fourth-order valence-corrected chi connectivity index (χ4v) is 2.96. The van der Waals surface area contributed by atoms with Crippen LogP contribution in [0.3, 0.4) is 0 Å². The van der Waals surface area contributed by atoms with Gasteiger partial charge in [0.1, 0.15) is 5.84 Å². The van der Waals surface area contributed by atoms with E-state index < -0.39 is 0 Å². The van der Waals surface area contributed by atoms with Crippen LogP contribution in [0.5, 0.6) is 0 Å². The molecule has 0 aliphatic carbocycles. The number of hydrogen-bond acceptors (Lipinski definition) is 3. The van der Waals surface area contributed by atoms with Gasteiger partial charge < -0.3 is 5.73 Å². The number of amidine groups is 1. The average Bonchev–Trinajstić information content (AvgIpc) is 2.60. The molecule has 5 heteroatoms. The minimum Gasteiger partial charge on any atom is -0.383 e. The highest BCUT2D eigenvalue weighted by Crippen LogP contribution is 2.32. The van der Waals surface area contributed by atoms with Crippen LogP contribution in [-0.2, 0) is 0 Å². The second-order valence-electron chi connectivity index (χ2n) is 2.90. The normalized spacial score (nSPS) is 9.93. The van der Waals surface area contributed by atoms with E-state index in [1.165, 1.54) is 15.0 Å². The van der Waals surface area contributed by atoms with Crippen LogP contribution in [0.1, 0.15) is 4.88 Å². The van der Waals surface area contributed by atoms with Gasteiger partial charge in [-0.05, 0) is 24.5 Å². The predicted molar refractivity (Wildman–Crippen MR) is 71.9 cm³/mol. The molecule has 0 unspecified atom stereocenters. The Morgan fingerprint density at radius 1 is 1.47 bits per heavy atom. The molecule has 0 atom stereocenters. The second kappa shape index (κ2) is 4.88. The van der Waals surface area contributed by atoms with Crippen molar-refractivity contribution in [3.05, 3.63) is 29.1 Å². The van der Waals surface area contributed by atoms with Crippen molar-refractivity contribution in [3.63, 3.8) is 0 Å². The monoisotopic (exact) mass is 258 g/mol. The maximum absolute atomic E-state index is 7.38. The Kier molecular flexibility index (Phi) is 4.02. The Labute approximate surface area is 103 Å². The third-order valence-electron chi connectivity index (χ3n) is 2.01. The summed E-state index contributed by atoms with van der Waals surface area (Å²) < 4.78 is 1.20. The van der Waals surface area contributed by atoms with E-state index in [9.17, 15) is 0 Å². The highest BCUT2D eigenvalue weighted by molar-refractivity contribution is 7.98. The van der Waals surface area contributed by atoms with Crippen molar-refractivity contribution in [2.45, 2.75) is 4.90 Å². The third-order valence-corrected chi connectivity index (χ3v) is 3.94. The maximum Gasteiger partial charge on any atom is 0.133 e. The highest BCUT2D eigenvalue weighted by atomic mass is 35.5. The molecule has 80 valence electrons. The summed E-state index contributed by atoms with van der Waals surface area (Å²) >= 11 is 3.29. The quantitative estimate of drug-likeness (QED) is 0.493. The fourth-order valence-electron chi connectivity index (χ4n) is 1.34. The number of thiophene rings is 1. The zero-order chi connectivity index (χ0) is 10.1. The summed E-state index contributed by atoms with van der Waals surface area (Å²) in [5, 5.41) is 8.58. The highest BCUT2D eigenvalue weighted by Gasteiger charge is 2.06. The fraction of sp³-hybridized carbons (Fsp3) is 0.100. The number of hydrogen-bond donors (Lipinski definition) is 2. The number of benzene rings is 1. The van der Waals surface area contributed by atoms with Crippen LogP contribution in [-0.4, -0.2) is 12.1 Å². The summed E-state index contributed by atoms with van der Waals surface area (Å²) in [4.78, 5) is 2.09. The Morgan fingerprint density at radius 2 is 2.20 bits per heavy atom. The first kappa shape index (κ1) is 12.4. The molecular weight excluding hydrogens is 248 g/mol. The number of nitrogen functional groups attached to an aromatic ring is 1. The number of rotatable bonds is 2. The number of nitrogens with two attached hydrogens (primary N) is 1. The molecule has 0 fully saturated rings. The van der Waals surface area contributed by atoms with Crippen molar-refractivity contribution < 1.29 is 0 Å². The van der Waals surface area contributed by atoms with E-state index in [1.54, 1.807) is 23.1 Å². The van der Waals surface area contributed by atoms with Crippen LogP contribution in [0.15, 0.2) is 29.2 Å². The smallest absolute Gasteiger partial charge is 0.133 e. The lowest BCUT2D eigenvalue weighted by Gasteiger charge is -1.96. The Bertz CT molecular complexity index is 493. The van der Waals surface area contributed by atoms with Crippen LogP contribution in [0.4, 0.5) is 0 Å². The lowest BCUT2D eigenvalue weighted by molar-refractivity contribution is 1.45. The van der Waals surface area contributed by atoms with Crippen LogP contribution in [0.25, 0.3) is 10.1 Å². The van der Waals surface area contributed by atoms with Crippen molar-refractivity contribution >= 4 is 51.4 Å². The summed E-state index contributed by atoms with van der Waals surface area (Å²) in [6.45, 7) is 0. The van der Waals surface area contributed by atoms with Crippen LogP contribution in [0.2, 0.25) is 0 Å². The van der Waals surface area contributed by atoms with Gasteiger partial charge in [-0.3, -0.25) is 5.41 Å². The van der Waals surface area contributed by atoms with Gasteiger partial charge in [0.25, 0.3) is 0 Å². The molecule has 15 heavy (non-hydrogen) atoms. The summed E-state index contributed by atoms with van der Waals surface area (Å²) in [6.07, 6.45) is 2.06. The number of fused-ring (bicyclic) bond motifs is 1. The molecule has 0 saturated heterocycles. The first-order chi connectivity index (χ1) is 6.72. The largest absolute Gasteiger partial charge is 0.383 e. The summed E-state index contributed by atoms with van der Waals surface area (Å²) in [5.74, 6) is 0.151. The molecule has 2 nitrogen and oxygen atoms in total. The van der Waals surface area contributed by atoms with Gasteiger partial charge in [0.15, 0.2) is 0 Å². The Balaban J connectivity index is 0.00000112. The van der Waals surface area contributed by atoms with E-state index in [0.717, 1.165) is 4.88 Å². The molecule has 0 saturated carbocycles. The van der Waals surface area contributed by atoms with E-state index in [4.69, 9.17) is 11.1 Å². The molecule has 1 aromatic carbocycles. The van der Waals surface area contributed by atoms with E-state index in [1.807, 2.05) is 12.1 Å². The first-order valence-electron chi connectivity index (χ1n) is 4.13. The van der Waals surface area contributed by atoms with Gasteiger partial charge in [-0.2, -0.15) is 0 Å². The van der Waals surface area contributed by atoms with E-state index in [2.05, 4.69) is 18.4 Å². The molecule has 0 amide bonds. The molecule has 0 bridgehead atoms. The molecule has 0 aliphatic heterocycles. The predicted octanol–water partition coefficient (Wildman–Crippen LogP) is 3.33. The molecule has 0 aliphatic rings. The van der Waals surface area contributed by atoms with E-state index >= 15 is 0 Å². The SMILES string of the molecule is CSc1cccc2sc(C(=N)N)cc12.Cl. The topological polar surface area (TPSA) is 49.9 Å². The van der Waals surface area contributed by atoms with Gasteiger partial charge in [-0.15, -0.1) is 35.5 Å². The zero-order valence-electron chi connectivity index (χ0n) is 8.11. The van der Waals surface area contributed by atoms with Crippen molar-refractivity contribution in [1.82, 2.24) is 0 Å². The van der Waals surface area contributed by atoms with Gasteiger partial charge in [0, 0.05) is 15.0 Å². The minimum absolute atomic E-state index is 0. The van der Waals surface area contributed by atoms with E-state index in [-0.39, 0.29) is 18.2 Å². The molecule has 1 aromatic heterocycles. The minimum atomic E-state index is 0. The van der Waals surface area contributed by atoms with E-state index in [0.29, 0.717) is 0 Å². The molecule has 0 radical (unpaired) electrons. The average molecular weight is 259 g/mol. The molecular formula is C10H11ClN2S2. The van der Waals surface area contributed by atoms with Crippen molar-refractivity contribution in [3.8, 4) is 0 Å². The zero-order valence-corrected chi connectivity index (χ0v) is 10.6. The third kappa shape index (κ3) is 2.27. The Hall–Kier alpha value is -0.710. The van der Waals surface area contributed by atoms with Crippen LogP contribution in [0, 0.1) is 5.41 Å². The molecule has 1 heterocycles. The maximum atomic E-state index is 7.38.